The van der Waals surface area contributed by atoms with Crippen molar-refractivity contribution >= 4 is 26.7 Å². The molecule has 0 aliphatic carbocycles. The van der Waals surface area contributed by atoms with Crippen molar-refractivity contribution < 1.29 is 4.74 Å². The second-order valence-electron chi connectivity index (χ2n) is 4.36. The van der Waals surface area contributed by atoms with Crippen LogP contribution < -0.4 is 10.5 Å². The summed E-state index contributed by atoms with van der Waals surface area (Å²) in [6.45, 7) is 0.435. The largest absolute Gasteiger partial charge is 0.438 e. The van der Waals surface area contributed by atoms with E-state index in [0.717, 1.165) is 26.6 Å². The van der Waals surface area contributed by atoms with E-state index in [0.29, 0.717) is 12.4 Å². The molecule has 0 aliphatic rings. The third kappa shape index (κ3) is 2.40. The average Bonchev–Trinajstić information content (AvgIpc) is 2.49. The number of rotatable bonds is 3. The van der Waals surface area contributed by atoms with Crippen LogP contribution in [-0.4, -0.2) is 4.98 Å². The third-order valence-corrected chi connectivity index (χ3v) is 3.81. The van der Waals surface area contributed by atoms with Gasteiger partial charge in [-0.2, -0.15) is 0 Å². The molecule has 0 saturated heterocycles. The van der Waals surface area contributed by atoms with Gasteiger partial charge in [0, 0.05) is 33.6 Å². The van der Waals surface area contributed by atoms with E-state index in [4.69, 9.17) is 10.5 Å². The lowest BCUT2D eigenvalue weighted by Gasteiger charge is -2.11. The predicted octanol–water partition coefficient (Wildman–Crippen LogP) is 4.25. The van der Waals surface area contributed by atoms with Crippen molar-refractivity contribution in [2.75, 3.05) is 0 Å². The Morgan fingerprint density at radius 2 is 1.85 bits per heavy atom. The smallest absolute Gasteiger partial charge is 0.227 e. The molecule has 1 aromatic heterocycles. The maximum absolute atomic E-state index is 5.96. The highest BCUT2D eigenvalue weighted by atomic mass is 79.9. The van der Waals surface area contributed by atoms with E-state index in [2.05, 4.69) is 20.9 Å². The first-order chi connectivity index (χ1) is 9.79. The van der Waals surface area contributed by atoms with E-state index in [1.165, 1.54) is 0 Å². The molecule has 0 saturated carbocycles. The second-order valence-corrected chi connectivity index (χ2v) is 5.22. The Morgan fingerprint density at radius 1 is 1.00 bits per heavy atom. The molecular formula is C16H13BrN2O. The van der Waals surface area contributed by atoms with Crippen molar-refractivity contribution in [2.24, 2.45) is 5.73 Å². The molecular weight excluding hydrogens is 316 g/mol. The molecule has 3 rings (SSSR count). The number of fused-ring (bicyclic) bond motifs is 1. The minimum atomic E-state index is 0.435. The Balaban J connectivity index is 2.09. The highest BCUT2D eigenvalue weighted by molar-refractivity contribution is 9.10. The maximum atomic E-state index is 5.96. The van der Waals surface area contributed by atoms with Crippen molar-refractivity contribution in [3.63, 3.8) is 0 Å². The quantitative estimate of drug-likeness (QED) is 0.781. The lowest BCUT2D eigenvalue weighted by molar-refractivity contribution is 0.463. The Bertz CT molecular complexity index is 758. The molecule has 0 fully saturated rings. The van der Waals surface area contributed by atoms with E-state index in [1.807, 2.05) is 48.5 Å². The zero-order valence-corrected chi connectivity index (χ0v) is 12.3. The summed E-state index contributed by atoms with van der Waals surface area (Å²) in [6, 6.07) is 15.7. The van der Waals surface area contributed by atoms with Gasteiger partial charge in [0.1, 0.15) is 5.75 Å². The number of hydrogen-bond acceptors (Lipinski definition) is 3. The molecule has 2 N–H and O–H groups in total. The number of aromatic nitrogens is 1. The van der Waals surface area contributed by atoms with Crippen LogP contribution in [0.3, 0.4) is 0 Å². The van der Waals surface area contributed by atoms with E-state index >= 15 is 0 Å². The van der Waals surface area contributed by atoms with Gasteiger partial charge in [-0.15, -0.1) is 0 Å². The van der Waals surface area contributed by atoms with Crippen LogP contribution in [-0.2, 0) is 6.54 Å². The van der Waals surface area contributed by atoms with Gasteiger partial charge in [0.25, 0.3) is 0 Å². The number of halogens is 1. The van der Waals surface area contributed by atoms with E-state index in [1.54, 1.807) is 6.20 Å². The van der Waals surface area contributed by atoms with Crippen molar-refractivity contribution in [2.45, 2.75) is 6.54 Å². The summed E-state index contributed by atoms with van der Waals surface area (Å²) in [6.07, 6.45) is 1.74. The summed E-state index contributed by atoms with van der Waals surface area (Å²) in [5.41, 5.74) is 6.69. The van der Waals surface area contributed by atoms with Gasteiger partial charge in [0.15, 0.2) is 0 Å². The Labute approximate surface area is 125 Å². The first kappa shape index (κ1) is 13.1. The summed E-state index contributed by atoms with van der Waals surface area (Å²) in [7, 11) is 0. The number of nitrogens with zero attached hydrogens (tertiary/aromatic N) is 1. The van der Waals surface area contributed by atoms with Crippen LogP contribution in [0.1, 0.15) is 5.56 Å². The molecule has 0 aliphatic heterocycles. The highest BCUT2D eigenvalue weighted by Gasteiger charge is 2.08. The lowest BCUT2D eigenvalue weighted by Crippen LogP contribution is -1.99. The van der Waals surface area contributed by atoms with Gasteiger partial charge >= 0.3 is 0 Å². The zero-order chi connectivity index (χ0) is 13.9. The second kappa shape index (κ2) is 5.61. The van der Waals surface area contributed by atoms with Crippen LogP contribution in [0.2, 0.25) is 0 Å². The number of pyridine rings is 1. The Morgan fingerprint density at radius 3 is 2.70 bits per heavy atom. The van der Waals surface area contributed by atoms with Gasteiger partial charge in [0.2, 0.25) is 5.88 Å². The van der Waals surface area contributed by atoms with Crippen molar-refractivity contribution in [3.05, 3.63) is 64.8 Å². The molecule has 3 nitrogen and oxygen atoms in total. The molecule has 0 spiro atoms. The van der Waals surface area contributed by atoms with Gasteiger partial charge in [-0.05, 0) is 24.3 Å². The monoisotopic (exact) mass is 328 g/mol. The maximum Gasteiger partial charge on any atom is 0.227 e. The molecule has 3 aromatic rings. The molecule has 2 aromatic carbocycles. The van der Waals surface area contributed by atoms with Crippen molar-refractivity contribution in [3.8, 4) is 11.6 Å². The summed E-state index contributed by atoms with van der Waals surface area (Å²) in [5, 5.41) is 2.04. The topological polar surface area (TPSA) is 48.1 Å². The summed E-state index contributed by atoms with van der Waals surface area (Å²) in [4.78, 5) is 4.33. The first-order valence-electron chi connectivity index (χ1n) is 6.28. The highest BCUT2D eigenvalue weighted by Crippen LogP contribution is 2.32. The van der Waals surface area contributed by atoms with Crippen LogP contribution >= 0.6 is 15.9 Å². The number of nitrogens with two attached hydrogens (primary N) is 1. The standard InChI is InChI=1S/C16H13BrN2O/c17-14-6-3-5-13-12(14)8-9-19-16(13)20-15-7-2-1-4-11(15)10-18/h1-9H,10,18H2. The predicted molar refractivity (Wildman–Crippen MR) is 83.9 cm³/mol. The minimum Gasteiger partial charge on any atom is -0.438 e. The first-order valence-corrected chi connectivity index (χ1v) is 7.08. The number of benzene rings is 2. The number of ether oxygens (including phenoxy) is 1. The summed E-state index contributed by atoms with van der Waals surface area (Å²) >= 11 is 3.54. The fourth-order valence-corrected chi connectivity index (χ4v) is 2.60. The van der Waals surface area contributed by atoms with Gasteiger partial charge < -0.3 is 10.5 Å². The molecule has 4 heteroatoms. The van der Waals surface area contributed by atoms with Gasteiger partial charge in [-0.3, -0.25) is 0 Å². The molecule has 0 bridgehead atoms. The summed E-state index contributed by atoms with van der Waals surface area (Å²) < 4.78 is 6.98. The fourth-order valence-electron chi connectivity index (χ4n) is 2.10. The summed E-state index contributed by atoms with van der Waals surface area (Å²) in [5.74, 6) is 1.33. The van der Waals surface area contributed by atoms with Gasteiger partial charge in [-0.25, -0.2) is 4.98 Å². The van der Waals surface area contributed by atoms with Crippen molar-refractivity contribution in [1.82, 2.24) is 4.98 Å². The van der Waals surface area contributed by atoms with Gasteiger partial charge in [0.05, 0.1) is 0 Å². The number of hydrogen-bond donors (Lipinski definition) is 1. The van der Waals surface area contributed by atoms with Crippen LogP contribution in [0.15, 0.2) is 59.2 Å². The third-order valence-electron chi connectivity index (χ3n) is 3.12. The lowest BCUT2D eigenvalue weighted by atomic mass is 10.1. The normalized spacial score (nSPS) is 10.7. The van der Waals surface area contributed by atoms with Crippen LogP contribution in [0, 0.1) is 0 Å². The van der Waals surface area contributed by atoms with Gasteiger partial charge in [-0.1, -0.05) is 40.2 Å². The minimum absolute atomic E-state index is 0.435. The molecule has 0 atom stereocenters. The molecule has 100 valence electrons. The van der Waals surface area contributed by atoms with E-state index in [-0.39, 0.29) is 0 Å². The molecule has 1 heterocycles. The Hall–Kier alpha value is -1.91. The van der Waals surface area contributed by atoms with Crippen molar-refractivity contribution in [1.29, 1.82) is 0 Å². The molecule has 0 amide bonds. The zero-order valence-electron chi connectivity index (χ0n) is 10.7. The molecule has 0 radical (unpaired) electrons. The molecule has 0 unspecified atom stereocenters. The molecule has 20 heavy (non-hydrogen) atoms. The van der Waals surface area contributed by atoms with Crippen LogP contribution in [0.4, 0.5) is 0 Å². The van der Waals surface area contributed by atoms with E-state index < -0.39 is 0 Å². The van der Waals surface area contributed by atoms with Crippen LogP contribution in [0.25, 0.3) is 10.8 Å². The van der Waals surface area contributed by atoms with Crippen LogP contribution in [0.5, 0.6) is 11.6 Å². The van der Waals surface area contributed by atoms with E-state index in [9.17, 15) is 0 Å². The Kier molecular flexibility index (Phi) is 3.67. The SMILES string of the molecule is NCc1ccccc1Oc1nccc2c(Br)cccc12. The number of para-hydroxylation sites is 1. The average molecular weight is 329 g/mol. The fraction of sp³-hybridized carbons (Fsp3) is 0.0625.